The number of hydrogen-bond acceptors (Lipinski definition) is 4. The lowest BCUT2D eigenvalue weighted by molar-refractivity contribution is -0.123. The monoisotopic (exact) mass is 370 g/mol. The van der Waals surface area contributed by atoms with E-state index in [2.05, 4.69) is 24.7 Å². The van der Waals surface area contributed by atoms with Crippen LogP contribution in [-0.2, 0) is 4.79 Å². The van der Waals surface area contributed by atoms with E-state index in [4.69, 9.17) is 9.47 Å². The first-order valence-corrected chi connectivity index (χ1v) is 8.96. The zero-order valence-electron chi connectivity index (χ0n) is 16.0. The highest BCUT2D eigenvalue weighted by atomic mass is 16.5. The molecule has 0 saturated heterocycles. The Kier molecular flexibility index (Phi) is 7.67. The Morgan fingerprint density at radius 3 is 2.52 bits per heavy atom. The molecule has 0 atom stereocenters. The van der Waals surface area contributed by atoms with Crippen LogP contribution in [0.2, 0.25) is 0 Å². The standard InChI is InChI=1S/C21H26N2O4/c1-15(2)11-12-26-19-10-5-4-9-18(19)21(25)23-22-20(24)14-27-17-8-6-7-16(3)13-17/h4-10,13,15H,11-12,14H2,1-3H3,(H,22,24)(H,23,25). The summed E-state index contributed by atoms with van der Waals surface area (Å²) < 4.78 is 11.1. The van der Waals surface area contributed by atoms with Crippen molar-refractivity contribution in [2.24, 2.45) is 5.92 Å². The normalized spacial score (nSPS) is 10.4. The smallest absolute Gasteiger partial charge is 0.276 e. The molecule has 6 nitrogen and oxygen atoms in total. The molecule has 0 spiro atoms. The van der Waals surface area contributed by atoms with Crippen molar-refractivity contribution in [2.75, 3.05) is 13.2 Å². The van der Waals surface area contributed by atoms with Crippen LogP contribution in [0.3, 0.4) is 0 Å². The Hall–Kier alpha value is -3.02. The van der Waals surface area contributed by atoms with Crippen molar-refractivity contribution in [1.82, 2.24) is 10.9 Å². The molecule has 6 heteroatoms. The van der Waals surface area contributed by atoms with E-state index in [9.17, 15) is 9.59 Å². The van der Waals surface area contributed by atoms with Crippen molar-refractivity contribution in [2.45, 2.75) is 27.2 Å². The average molecular weight is 370 g/mol. The van der Waals surface area contributed by atoms with Crippen LogP contribution in [0.15, 0.2) is 48.5 Å². The van der Waals surface area contributed by atoms with Crippen LogP contribution in [-0.4, -0.2) is 25.0 Å². The maximum Gasteiger partial charge on any atom is 0.276 e. The van der Waals surface area contributed by atoms with Gasteiger partial charge in [-0.15, -0.1) is 0 Å². The Balaban J connectivity index is 1.83. The number of rotatable bonds is 8. The molecule has 0 aliphatic rings. The van der Waals surface area contributed by atoms with E-state index in [1.165, 1.54) is 0 Å². The number of hydrogen-bond donors (Lipinski definition) is 2. The minimum atomic E-state index is -0.455. The van der Waals surface area contributed by atoms with E-state index >= 15 is 0 Å². The zero-order valence-corrected chi connectivity index (χ0v) is 16.0. The van der Waals surface area contributed by atoms with Crippen molar-refractivity contribution in [3.05, 3.63) is 59.7 Å². The number of ether oxygens (including phenoxy) is 2. The second-order valence-corrected chi connectivity index (χ2v) is 6.63. The van der Waals surface area contributed by atoms with E-state index < -0.39 is 11.8 Å². The molecule has 0 aliphatic carbocycles. The van der Waals surface area contributed by atoms with Gasteiger partial charge in [0.15, 0.2) is 6.61 Å². The Morgan fingerprint density at radius 1 is 1.00 bits per heavy atom. The first-order chi connectivity index (χ1) is 13.0. The van der Waals surface area contributed by atoms with Crippen molar-refractivity contribution in [3.63, 3.8) is 0 Å². The van der Waals surface area contributed by atoms with Gasteiger partial charge in [-0.05, 0) is 49.1 Å². The van der Waals surface area contributed by atoms with Crippen LogP contribution in [0.25, 0.3) is 0 Å². The van der Waals surface area contributed by atoms with Gasteiger partial charge in [0.2, 0.25) is 0 Å². The lowest BCUT2D eigenvalue weighted by Crippen LogP contribution is -2.43. The van der Waals surface area contributed by atoms with Gasteiger partial charge in [0.1, 0.15) is 11.5 Å². The fraction of sp³-hybridized carbons (Fsp3) is 0.333. The predicted molar refractivity (Wildman–Crippen MR) is 104 cm³/mol. The van der Waals surface area contributed by atoms with E-state index in [-0.39, 0.29) is 6.61 Å². The molecule has 0 unspecified atom stereocenters. The highest BCUT2D eigenvalue weighted by Crippen LogP contribution is 2.18. The van der Waals surface area contributed by atoms with Gasteiger partial charge in [0.05, 0.1) is 12.2 Å². The average Bonchev–Trinajstić information content (AvgIpc) is 2.64. The van der Waals surface area contributed by atoms with Crippen LogP contribution in [0.1, 0.15) is 36.2 Å². The molecular weight excluding hydrogens is 344 g/mol. The zero-order chi connectivity index (χ0) is 19.6. The summed E-state index contributed by atoms with van der Waals surface area (Å²) in [4.78, 5) is 24.2. The van der Waals surface area contributed by atoms with Crippen molar-refractivity contribution in [1.29, 1.82) is 0 Å². The highest BCUT2D eigenvalue weighted by Gasteiger charge is 2.13. The molecule has 0 bridgehead atoms. The molecular formula is C21H26N2O4. The summed E-state index contributed by atoms with van der Waals surface area (Å²) in [6.07, 6.45) is 0.892. The predicted octanol–water partition coefficient (Wildman–Crippen LogP) is 3.26. The maximum absolute atomic E-state index is 12.3. The lowest BCUT2D eigenvalue weighted by Gasteiger charge is -2.13. The van der Waals surface area contributed by atoms with Gasteiger partial charge in [-0.2, -0.15) is 0 Å². The first kappa shape index (κ1) is 20.3. The summed E-state index contributed by atoms with van der Waals surface area (Å²) in [5, 5.41) is 0. The number of para-hydroxylation sites is 1. The van der Waals surface area contributed by atoms with Crippen molar-refractivity contribution < 1.29 is 19.1 Å². The lowest BCUT2D eigenvalue weighted by atomic mass is 10.1. The minimum absolute atomic E-state index is 0.198. The molecule has 0 fully saturated rings. The Morgan fingerprint density at radius 2 is 1.78 bits per heavy atom. The molecule has 2 amide bonds. The number of hydrazine groups is 1. The molecule has 0 aliphatic heterocycles. The van der Waals surface area contributed by atoms with Crippen LogP contribution in [0.4, 0.5) is 0 Å². The van der Waals surface area contributed by atoms with Gasteiger partial charge < -0.3 is 9.47 Å². The third-order valence-electron chi connectivity index (χ3n) is 3.76. The van der Waals surface area contributed by atoms with Crippen LogP contribution >= 0.6 is 0 Å². The number of nitrogens with one attached hydrogen (secondary N) is 2. The summed E-state index contributed by atoms with van der Waals surface area (Å²) in [7, 11) is 0. The van der Waals surface area contributed by atoms with E-state index in [0.717, 1.165) is 12.0 Å². The number of carbonyl (C=O) groups is 2. The van der Waals surface area contributed by atoms with Crippen molar-refractivity contribution >= 4 is 11.8 Å². The number of aryl methyl sites for hydroxylation is 1. The molecule has 144 valence electrons. The summed E-state index contributed by atoms with van der Waals surface area (Å²) in [6.45, 7) is 6.48. The molecule has 2 aromatic carbocycles. The molecule has 0 saturated carbocycles. The van der Waals surface area contributed by atoms with Gasteiger partial charge in [-0.3, -0.25) is 20.4 Å². The van der Waals surface area contributed by atoms with Crippen LogP contribution in [0.5, 0.6) is 11.5 Å². The molecule has 2 rings (SSSR count). The topological polar surface area (TPSA) is 76.7 Å². The number of benzene rings is 2. The number of carbonyl (C=O) groups excluding carboxylic acids is 2. The second-order valence-electron chi connectivity index (χ2n) is 6.63. The minimum Gasteiger partial charge on any atom is -0.493 e. The largest absolute Gasteiger partial charge is 0.493 e. The molecule has 0 aromatic heterocycles. The molecule has 2 N–H and O–H groups in total. The summed E-state index contributed by atoms with van der Waals surface area (Å²) in [5.74, 6) is 0.696. The van der Waals surface area contributed by atoms with Crippen LogP contribution in [0, 0.1) is 12.8 Å². The maximum atomic E-state index is 12.3. The summed E-state index contributed by atoms with van der Waals surface area (Å²) in [6, 6.07) is 14.3. The summed E-state index contributed by atoms with van der Waals surface area (Å²) >= 11 is 0. The molecule has 0 heterocycles. The SMILES string of the molecule is Cc1cccc(OCC(=O)NNC(=O)c2ccccc2OCCC(C)C)c1. The number of amides is 2. The van der Waals surface area contributed by atoms with Crippen LogP contribution < -0.4 is 20.3 Å². The van der Waals surface area contributed by atoms with Gasteiger partial charge in [0, 0.05) is 0 Å². The van der Waals surface area contributed by atoms with Gasteiger partial charge in [-0.25, -0.2) is 0 Å². The Bertz CT molecular complexity index is 774. The van der Waals surface area contributed by atoms with Crippen molar-refractivity contribution in [3.8, 4) is 11.5 Å². The van der Waals surface area contributed by atoms with E-state index in [0.29, 0.717) is 29.6 Å². The fourth-order valence-electron chi connectivity index (χ4n) is 2.27. The molecule has 27 heavy (non-hydrogen) atoms. The fourth-order valence-corrected chi connectivity index (χ4v) is 2.27. The summed E-state index contributed by atoms with van der Waals surface area (Å²) in [5.41, 5.74) is 6.14. The van der Waals surface area contributed by atoms with Gasteiger partial charge in [0.25, 0.3) is 11.8 Å². The highest BCUT2D eigenvalue weighted by molar-refractivity contribution is 5.97. The molecule has 2 aromatic rings. The van der Waals surface area contributed by atoms with Gasteiger partial charge in [-0.1, -0.05) is 38.1 Å². The Labute approximate surface area is 159 Å². The molecule has 0 radical (unpaired) electrons. The third-order valence-corrected chi connectivity index (χ3v) is 3.76. The van der Waals surface area contributed by atoms with E-state index in [1.54, 1.807) is 30.3 Å². The van der Waals surface area contributed by atoms with E-state index in [1.807, 2.05) is 25.1 Å². The quantitative estimate of drug-likeness (QED) is 0.699. The van der Waals surface area contributed by atoms with Gasteiger partial charge >= 0.3 is 0 Å². The first-order valence-electron chi connectivity index (χ1n) is 8.96. The third kappa shape index (κ3) is 7.01. The second kappa shape index (κ2) is 10.2.